The van der Waals surface area contributed by atoms with E-state index in [2.05, 4.69) is 15.6 Å². The summed E-state index contributed by atoms with van der Waals surface area (Å²) in [5.41, 5.74) is 0.904. The third-order valence-electron chi connectivity index (χ3n) is 4.09. The average Bonchev–Trinajstić information content (AvgIpc) is 3.11. The zero-order valence-electron chi connectivity index (χ0n) is 13.3. The van der Waals surface area contributed by atoms with Crippen molar-refractivity contribution in [2.75, 3.05) is 11.5 Å². The van der Waals surface area contributed by atoms with Crippen LogP contribution in [0.25, 0.3) is 0 Å². The van der Waals surface area contributed by atoms with Gasteiger partial charge >= 0.3 is 6.03 Å². The van der Waals surface area contributed by atoms with Gasteiger partial charge in [-0.3, -0.25) is 0 Å². The van der Waals surface area contributed by atoms with Gasteiger partial charge in [0.1, 0.15) is 11.9 Å². The molecule has 0 unspecified atom stereocenters. The quantitative estimate of drug-likeness (QED) is 0.862. The lowest BCUT2D eigenvalue weighted by Crippen LogP contribution is -2.44. The summed E-state index contributed by atoms with van der Waals surface area (Å²) in [5.74, 6) is 0.827. The number of carbonyl (C=O) groups excluding carboxylic acids is 1. The van der Waals surface area contributed by atoms with Crippen molar-refractivity contribution in [1.82, 2.24) is 20.2 Å². The van der Waals surface area contributed by atoms with Crippen LogP contribution in [0, 0.1) is 0 Å². The van der Waals surface area contributed by atoms with Crippen LogP contribution in [0.1, 0.15) is 23.9 Å². The number of sulfone groups is 1. The van der Waals surface area contributed by atoms with E-state index in [1.807, 2.05) is 48.1 Å². The Balaban J connectivity index is 1.75. The molecule has 1 fully saturated rings. The average molecular weight is 348 g/mol. The molecule has 1 aliphatic heterocycles. The van der Waals surface area contributed by atoms with Crippen LogP contribution in [-0.2, 0) is 16.9 Å². The SMILES string of the molecule is Cn1ccnc1[C@H](NC(=O)N[C@@H]1CCS(=O)(=O)C1)c1ccccc1. The second kappa shape index (κ2) is 6.64. The molecule has 2 N–H and O–H groups in total. The van der Waals surface area contributed by atoms with Crippen LogP contribution in [0.4, 0.5) is 4.79 Å². The summed E-state index contributed by atoms with van der Waals surface area (Å²) in [6.07, 6.45) is 3.94. The maximum absolute atomic E-state index is 12.3. The first kappa shape index (κ1) is 16.5. The van der Waals surface area contributed by atoms with E-state index in [1.54, 1.807) is 6.20 Å². The molecule has 1 aromatic heterocycles. The van der Waals surface area contributed by atoms with E-state index in [0.717, 1.165) is 5.56 Å². The zero-order chi connectivity index (χ0) is 17.2. The number of urea groups is 1. The van der Waals surface area contributed by atoms with Gasteiger partial charge in [0.25, 0.3) is 0 Å². The predicted octanol–water partition coefficient (Wildman–Crippen LogP) is 0.996. The highest BCUT2D eigenvalue weighted by Crippen LogP contribution is 2.20. The lowest BCUT2D eigenvalue weighted by molar-refractivity contribution is 0.235. The number of nitrogens with zero attached hydrogens (tertiary/aromatic N) is 2. The Kier molecular flexibility index (Phi) is 4.57. The number of nitrogens with one attached hydrogen (secondary N) is 2. The highest BCUT2D eigenvalue weighted by atomic mass is 32.2. The molecule has 0 spiro atoms. The maximum atomic E-state index is 12.3. The van der Waals surface area contributed by atoms with Crippen LogP contribution in [0.5, 0.6) is 0 Å². The van der Waals surface area contributed by atoms with Crippen molar-refractivity contribution in [1.29, 1.82) is 0 Å². The summed E-state index contributed by atoms with van der Waals surface area (Å²) >= 11 is 0. The minimum absolute atomic E-state index is 0.00116. The molecule has 7 nitrogen and oxygen atoms in total. The fourth-order valence-corrected chi connectivity index (χ4v) is 4.54. The van der Waals surface area contributed by atoms with E-state index in [-0.39, 0.29) is 17.5 Å². The van der Waals surface area contributed by atoms with Crippen molar-refractivity contribution < 1.29 is 13.2 Å². The molecular weight excluding hydrogens is 328 g/mol. The Morgan fingerprint density at radius 1 is 1.33 bits per heavy atom. The second-order valence-electron chi connectivity index (χ2n) is 5.96. The van der Waals surface area contributed by atoms with Crippen LogP contribution < -0.4 is 10.6 Å². The van der Waals surface area contributed by atoms with Gasteiger partial charge in [-0.2, -0.15) is 0 Å². The fourth-order valence-electron chi connectivity index (χ4n) is 2.86. The monoisotopic (exact) mass is 348 g/mol. The van der Waals surface area contributed by atoms with Gasteiger partial charge in [-0.15, -0.1) is 0 Å². The molecular formula is C16H20N4O3S. The standard InChI is InChI=1S/C16H20N4O3S/c1-20-9-8-17-15(20)14(12-5-3-2-4-6-12)19-16(21)18-13-7-10-24(22,23)11-13/h2-6,8-9,13-14H,7,10-11H2,1H3,(H2,18,19,21)/t13-,14-/m1/s1. The number of aromatic nitrogens is 2. The molecule has 2 heterocycles. The second-order valence-corrected chi connectivity index (χ2v) is 8.19. The molecule has 1 aliphatic rings. The van der Waals surface area contributed by atoms with Gasteiger partial charge in [0.2, 0.25) is 0 Å². The van der Waals surface area contributed by atoms with Gasteiger partial charge in [-0.1, -0.05) is 30.3 Å². The number of hydrogen-bond acceptors (Lipinski definition) is 4. The Bertz CT molecular complexity index is 817. The number of benzene rings is 1. The molecule has 2 aromatic rings. The van der Waals surface area contributed by atoms with E-state index in [0.29, 0.717) is 12.2 Å². The number of hydrogen-bond donors (Lipinski definition) is 2. The first-order valence-corrected chi connectivity index (χ1v) is 9.56. The first-order valence-electron chi connectivity index (χ1n) is 7.74. The van der Waals surface area contributed by atoms with Crippen LogP contribution in [-0.4, -0.2) is 41.5 Å². The summed E-state index contributed by atoms with van der Waals surface area (Å²) in [4.78, 5) is 16.7. The highest BCUT2D eigenvalue weighted by molar-refractivity contribution is 7.91. The van der Waals surface area contributed by atoms with Gasteiger partial charge < -0.3 is 15.2 Å². The molecule has 0 bridgehead atoms. The summed E-state index contributed by atoms with van der Waals surface area (Å²) in [6, 6.07) is 8.39. The molecule has 0 saturated carbocycles. The zero-order valence-corrected chi connectivity index (χ0v) is 14.2. The van der Waals surface area contributed by atoms with Crippen molar-refractivity contribution in [3.63, 3.8) is 0 Å². The molecule has 8 heteroatoms. The summed E-state index contributed by atoms with van der Waals surface area (Å²) < 4.78 is 24.9. The van der Waals surface area contributed by atoms with Crippen molar-refractivity contribution >= 4 is 15.9 Å². The first-order chi connectivity index (χ1) is 11.4. The van der Waals surface area contributed by atoms with Crippen LogP contribution >= 0.6 is 0 Å². The Hall–Kier alpha value is -2.35. The smallest absolute Gasteiger partial charge is 0.315 e. The number of carbonyl (C=O) groups is 1. The molecule has 0 radical (unpaired) electrons. The predicted molar refractivity (Wildman–Crippen MR) is 90.2 cm³/mol. The van der Waals surface area contributed by atoms with Crippen molar-refractivity contribution in [2.24, 2.45) is 7.05 Å². The lowest BCUT2D eigenvalue weighted by atomic mass is 10.1. The topological polar surface area (TPSA) is 93.1 Å². The van der Waals surface area contributed by atoms with E-state index in [1.165, 1.54) is 0 Å². The third kappa shape index (κ3) is 3.76. The largest absolute Gasteiger partial charge is 0.336 e. The molecule has 1 aromatic carbocycles. The minimum atomic E-state index is -3.03. The van der Waals surface area contributed by atoms with Crippen LogP contribution in [0.15, 0.2) is 42.7 Å². The molecule has 128 valence electrons. The highest BCUT2D eigenvalue weighted by Gasteiger charge is 2.30. The van der Waals surface area contributed by atoms with Crippen molar-refractivity contribution in [2.45, 2.75) is 18.5 Å². The van der Waals surface area contributed by atoms with Gasteiger partial charge in [0.15, 0.2) is 9.84 Å². The van der Waals surface area contributed by atoms with Crippen molar-refractivity contribution in [3.05, 3.63) is 54.1 Å². The van der Waals surface area contributed by atoms with E-state index in [4.69, 9.17) is 0 Å². The van der Waals surface area contributed by atoms with Crippen molar-refractivity contribution in [3.8, 4) is 0 Å². The summed E-state index contributed by atoms with van der Waals surface area (Å²) in [7, 11) is -1.17. The van der Waals surface area contributed by atoms with E-state index in [9.17, 15) is 13.2 Å². The summed E-state index contributed by atoms with van der Waals surface area (Å²) in [5, 5.41) is 5.65. The molecule has 1 saturated heterocycles. The molecule has 0 aliphatic carbocycles. The molecule has 2 atom stereocenters. The molecule has 3 rings (SSSR count). The van der Waals surface area contributed by atoms with E-state index >= 15 is 0 Å². The third-order valence-corrected chi connectivity index (χ3v) is 5.86. The van der Waals surface area contributed by atoms with Crippen LogP contribution in [0.3, 0.4) is 0 Å². The number of imidazole rings is 1. The Labute approximate surface area is 141 Å². The lowest BCUT2D eigenvalue weighted by Gasteiger charge is -2.21. The minimum Gasteiger partial charge on any atom is -0.336 e. The number of amides is 2. The molecule has 2 amide bonds. The Morgan fingerprint density at radius 2 is 2.08 bits per heavy atom. The van der Waals surface area contributed by atoms with Gasteiger partial charge in [-0.25, -0.2) is 18.2 Å². The van der Waals surface area contributed by atoms with Gasteiger partial charge in [0, 0.05) is 25.5 Å². The number of aryl methyl sites for hydroxylation is 1. The van der Waals surface area contributed by atoms with Gasteiger partial charge in [0.05, 0.1) is 11.5 Å². The maximum Gasteiger partial charge on any atom is 0.315 e. The Morgan fingerprint density at radius 3 is 2.67 bits per heavy atom. The van der Waals surface area contributed by atoms with Gasteiger partial charge in [-0.05, 0) is 12.0 Å². The fraction of sp³-hybridized carbons (Fsp3) is 0.375. The summed E-state index contributed by atoms with van der Waals surface area (Å²) in [6.45, 7) is 0. The van der Waals surface area contributed by atoms with E-state index < -0.39 is 21.9 Å². The van der Waals surface area contributed by atoms with Crippen LogP contribution in [0.2, 0.25) is 0 Å². The number of rotatable bonds is 4. The molecule has 24 heavy (non-hydrogen) atoms. The normalized spacial score (nSPS) is 20.5.